The average molecular weight is 283 g/mol. The van der Waals surface area contributed by atoms with Crippen LogP contribution in [0.3, 0.4) is 0 Å². The molecule has 0 aliphatic carbocycles. The van der Waals surface area contributed by atoms with Crippen LogP contribution in [-0.2, 0) is 4.79 Å². The molecule has 0 spiro atoms. The van der Waals surface area contributed by atoms with Crippen molar-refractivity contribution < 1.29 is 14.7 Å². The SMILES string of the molecule is Cc1ccc(C(=O)NCC(CC(C)(C)C)C(=O)O)s1. The number of carbonyl (C=O) groups is 2. The molecule has 1 unspecified atom stereocenters. The average Bonchev–Trinajstić information content (AvgIpc) is 2.68. The molecule has 0 aliphatic heterocycles. The van der Waals surface area contributed by atoms with Crippen molar-refractivity contribution in [1.82, 2.24) is 5.32 Å². The highest BCUT2D eigenvalue weighted by Crippen LogP contribution is 2.24. The van der Waals surface area contributed by atoms with Crippen LogP contribution in [0.15, 0.2) is 12.1 Å². The largest absolute Gasteiger partial charge is 0.481 e. The van der Waals surface area contributed by atoms with Gasteiger partial charge in [0, 0.05) is 11.4 Å². The fourth-order valence-electron chi connectivity index (χ4n) is 1.85. The fraction of sp³-hybridized carbons (Fsp3) is 0.571. The highest BCUT2D eigenvalue weighted by atomic mass is 32.1. The Bertz CT molecular complexity index is 460. The number of thiophene rings is 1. The first-order valence-electron chi connectivity index (χ1n) is 6.26. The molecule has 0 aliphatic rings. The minimum atomic E-state index is -0.863. The van der Waals surface area contributed by atoms with Gasteiger partial charge in [0.05, 0.1) is 10.8 Å². The van der Waals surface area contributed by atoms with Gasteiger partial charge in [-0.2, -0.15) is 0 Å². The standard InChI is InChI=1S/C14H21NO3S/c1-9-5-6-11(19-9)12(16)15-8-10(13(17)18)7-14(2,3)4/h5-6,10H,7-8H2,1-4H3,(H,15,16)(H,17,18). The van der Waals surface area contributed by atoms with Gasteiger partial charge in [0.25, 0.3) is 5.91 Å². The van der Waals surface area contributed by atoms with Gasteiger partial charge in [-0.15, -0.1) is 11.3 Å². The predicted octanol–water partition coefficient (Wildman–Crippen LogP) is 2.92. The molecule has 19 heavy (non-hydrogen) atoms. The summed E-state index contributed by atoms with van der Waals surface area (Å²) in [5.74, 6) is -1.61. The quantitative estimate of drug-likeness (QED) is 0.873. The summed E-state index contributed by atoms with van der Waals surface area (Å²) in [4.78, 5) is 24.7. The van der Waals surface area contributed by atoms with Gasteiger partial charge in [-0.25, -0.2) is 0 Å². The number of carboxylic acid groups (broad SMARTS) is 1. The van der Waals surface area contributed by atoms with Gasteiger partial charge in [-0.1, -0.05) is 20.8 Å². The molecule has 1 rings (SSSR count). The Morgan fingerprint density at radius 1 is 1.37 bits per heavy atom. The molecular weight excluding hydrogens is 262 g/mol. The summed E-state index contributed by atoms with van der Waals surface area (Å²) < 4.78 is 0. The van der Waals surface area contributed by atoms with Crippen molar-refractivity contribution in [3.63, 3.8) is 0 Å². The Balaban J connectivity index is 2.57. The summed E-state index contributed by atoms with van der Waals surface area (Å²) >= 11 is 1.41. The minimum absolute atomic E-state index is 0.0761. The Morgan fingerprint density at radius 3 is 2.42 bits per heavy atom. The minimum Gasteiger partial charge on any atom is -0.481 e. The molecule has 0 saturated carbocycles. The number of carboxylic acids is 1. The van der Waals surface area contributed by atoms with Crippen LogP contribution in [0, 0.1) is 18.3 Å². The van der Waals surface area contributed by atoms with E-state index in [1.54, 1.807) is 6.07 Å². The lowest BCUT2D eigenvalue weighted by molar-refractivity contribution is -0.142. The van der Waals surface area contributed by atoms with E-state index in [4.69, 9.17) is 0 Å². The molecule has 5 heteroatoms. The third kappa shape index (κ3) is 5.42. The first-order valence-corrected chi connectivity index (χ1v) is 7.08. The highest BCUT2D eigenvalue weighted by molar-refractivity contribution is 7.13. The molecule has 1 aromatic heterocycles. The van der Waals surface area contributed by atoms with Crippen molar-refractivity contribution >= 4 is 23.2 Å². The smallest absolute Gasteiger partial charge is 0.308 e. The van der Waals surface area contributed by atoms with Crippen molar-refractivity contribution in [3.05, 3.63) is 21.9 Å². The Hall–Kier alpha value is -1.36. The molecule has 1 aromatic rings. The van der Waals surface area contributed by atoms with Crippen molar-refractivity contribution in [2.75, 3.05) is 6.54 Å². The van der Waals surface area contributed by atoms with Gasteiger partial charge in [0.15, 0.2) is 0 Å². The van der Waals surface area contributed by atoms with Gasteiger partial charge in [-0.05, 0) is 30.9 Å². The number of amides is 1. The summed E-state index contributed by atoms with van der Waals surface area (Å²) in [7, 11) is 0. The number of hydrogen-bond acceptors (Lipinski definition) is 3. The fourth-order valence-corrected chi connectivity index (χ4v) is 2.63. The van der Waals surface area contributed by atoms with Gasteiger partial charge >= 0.3 is 5.97 Å². The Kier molecular flexibility index (Phi) is 5.11. The lowest BCUT2D eigenvalue weighted by Gasteiger charge is -2.23. The van der Waals surface area contributed by atoms with Crippen molar-refractivity contribution in [1.29, 1.82) is 0 Å². The maximum Gasteiger partial charge on any atom is 0.308 e. The number of carbonyl (C=O) groups excluding carboxylic acids is 1. The van der Waals surface area contributed by atoms with Crippen LogP contribution in [0.5, 0.6) is 0 Å². The molecule has 0 saturated heterocycles. The lowest BCUT2D eigenvalue weighted by atomic mass is 9.84. The summed E-state index contributed by atoms with van der Waals surface area (Å²) in [6.07, 6.45) is 0.534. The molecule has 4 nitrogen and oxygen atoms in total. The van der Waals surface area contributed by atoms with E-state index in [1.165, 1.54) is 11.3 Å². The second-order valence-corrected chi connectivity index (χ2v) is 7.21. The zero-order valence-electron chi connectivity index (χ0n) is 11.8. The highest BCUT2D eigenvalue weighted by Gasteiger charge is 2.25. The molecule has 2 N–H and O–H groups in total. The third-order valence-corrected chi connectivity index (χ3v) is 3.68. The van der Waals surface area contributed by atoms with Crippen LogP contribution >= 0.6 is 11.3 Å². The van der Waals surface area contributed by atoms with E-state index >= 15 is 0 Å². The summed E-state index contributed by atoms with van der Waals surface area (Å²) in [5, 5.41) is 11.9. The number of rotatable bonds is 5. The molecular formula is C14H21NO3S. The number of aliphatic carboxylic acids is 1. The van der Waals surface area contributed by atoms with Gasteiger partial charge in [0.1, 0.15) is 0 Å². The molecule has 0 radical (unpaired) electrons. The van der Waals surface area contributed by atoms with E-state index in [0.29, 0.717) is 11.3 Å². The topological polar surface area (TPSA) is 66.4 Å². The zero-order valence-corrected chi connectivity index (χ0v) is 12.6. The predicted molar refractivity (Wildman–Crippen MR) is 76.6 cm³/mol. The molecule has 0 bridgehead atoms. The van der Waals surface area contributed by atoms with Crippen LogP contribution in [0.1, 0.15) is 41.7 Å². The molecule has 1 atom stereocenters. The number of aryl methyl sites for hydroxylation is 1. The van der Waals surface area contributed by atoms with E-state index < -0.39 is 11.9 Å². The monoisotopic (exact) mass is 283 g/mol. The molecule has 106 valence electrons. The number of hydrogen-bond donors (Lipinski definition) is 2. The van der Waals surface area contributed by atoms with Crippen LogP contribution < -0.4 is 5.32 Å². The van der Waals surface area contributed by atoms with Crippen LogP contribution in [0.25, 0.3) is 0 Å². The van der Waals surface area contributed by atoms with Gasteiger partial charge in [0.2, 0.25) is 0 Å². The van der Waals surface area contributed by atoms with E-state index in [1.807, 2.05) is 33.8 Å². The van der Waals surface area contributed by atoms with E-state index in [0.717, 1.165) is 4.88 Å². The van der Waals surface area contributed by atoms with Gasteiger partial charge < -0.3 is 10.4 Å². The Morgan fingerprint density at radius 2 is 2.00 bits per heavy atom. The maximum atomic E-state index is 11.9. The van der Waals surface area contributed by atoms with Crippen molar-refractivity contribution in [2.45, 2.75) is 34.1 Å². The molecule has 0 fully saturated rings. The van der Waals surface area contributed by atoms with Crippen molar-refractivity contribution in [2.24, 2.45) is 11.3 Å². The van der Waals surface area contributed by atoms with Crippen LogP contribution in [0.4, 0.5) is 0 Å². The molecule has 1 heterocycles. The van der Waals surface area contributed by atoms with Crippen LogP contribution in [0.2, 0.25) is 0 Å². The Labute approximate surface area is 117 Å². The van der Waals surface area contributed by atoms with Crippen molar-refractivity contribution in [3.8, 4) is 0 Å². The van der Waals surface area contributed by atoms with E-state index in [-0.39, 0.29) is 17.9 Å². The normalized spacial score (nSPS) is 13.1. The van der Waals surface area contributed by atoms with E-state index in [9.17, 15) is 14.7 Å². The van der Waals surface area contributed by atoms with E-state index in [2.05, 4.69) is 5.32 Å². The first-order chi connectivity index (χ1) is 8.69. The second-order valence-electron chi connectivity index (χ2n) is 5.92. The molecule has 1 amide bonds. The third-order valence-electron chi connectivity index (χ3n) is 2.68. The zero-order chi connectivity index (χ0) is 14.6. The second kappa shape index (κ2) is 6.19. The lowest BCUT2D eigenvalue weighted by Crippen LogP contribution is -2.34. The first kappa shape index (κ1) is 15.7. The van der Waals surface area contributed by atoms with Crippen LogP contribution in [-0.4, -0.2) is 23.5 Å². The summed E-state index contributed by atoms with van der Waals surface area (Å²) in [5.41, 5.74) is -0.0761. The number of nitrogens with one attached hydrogen (secondary N) is 1. The summed E-state index contributed by atoms with van der Waals surface area (Å²) in [6.45, 7) is 8.08. The molecule has 0 aromatic carbocycles. The summed E-state index contributed by atoms with van der Waals surface area (Å²) in [6, 6.07) is 3.64. The maximum absolute atomic E-state index is 11.9. The van der Waals surface area contributed by atoms with Gasteiger partial charge in [-0.3, -0.25) is 9.59 Å².